The molecule has 178 valence electrons. The first-order valence-electron chi connectivity index (χ1n) is 11.9. The average Bonchev–Trinajstić information content (AvgIpc) is 2.87. The second-order valence-electron chi connectivity index (χ2n) is 8.85. The van der Waals surface area contributed by atoms with Gasteiger partial charge in [0.25, 0.3) is 5.91 Å². The Balaban J connectivity index is 1.36. The van der Waals surface area contributed by atoms with Crippen molar-refractivity contribution in [2.45, 2.75) is 32.4 Å². The number of ether oxygens (including phenoxy) is 2. The van der Waals surface area contributed by atoms with Crippen molar-refractivity contribution in [2.24, 2.45) is 0 Å². The summed E-state index contributed by atoms with van der Waals surface area (Å²) in [5.41, 5.74) is 4.69. The SMILES string of the molecule is CCc1cc2cc3c(cc2nc1OC)CN1CCN(c2ccc(C(=O)NC)nc2)C[C@@H]1CCO3. The van der Waals surface area contributed by atoms with Crippen LogP contribution in [-0.4, -0.2) is 67.2 Å². The number of benzene rings is 1. The molecule has 5 rings (SSSR count). The van der Waals surface area contributed by atoms with Crippen LogP contribution in [0.5, 0.6) is 11.6 Å². The quantitative estimate of drug-likeness (QED) is 0.640. The van der Waals surface area contributed by atoms with Crippen LogP contribution in [0.15, 0.2) is 36.5 Å². The topological polar surface area (TPSA) is 79.8 Å². The fourth-order valence-corrected chi connectivity index (χ4v) is 4.93. The molecule has 1 atom stereocenters. The average molecular weight is 462 g/mol. The molecule has 8 nitrogen and oxygen atoms in total. The summed E-state index contributed by atoms with van der Waals surface area (Å²) in [7, 11) is 3.29. The Morgan fingerprint density at radius 1 is 1.26 bits per heavy atom. The summed E-state index contributed by atoms with van der Waals surface area (Å²) in [4.78, 5) is 25.8. The lowest BCUT2D eigenvalue weighted by Crippen LogP contribution is -2.53. The maximum Gasteiger partial charge on any atom is 0.269 e. The summed E-state index contributed by atoms with van der Waals surface area (Å²) in [6.07, 6.45) is 3.63. The number of carbonyl (C=O) groups excluding carboxylic acids is 1. The zero-order chi connectivity index (χ0) is 23.7. The number of anilines is 1. The minimum atomic E-state index is -0.169. The molecule has 0 saturated carbocycles. The van der Waals surface area contributed by atoms with Gasteiger partial charge in [-0.2, -0.15) is 0 Å². The maximum absolute atomic E-state index is 11.8. The highest BCUT2D eigenvalue weighted by Gasteiger charge is 2.30. The van der Waals surface area contributed by atoms with E-state index in [2.05, 4.69) is 45.2 Å². The predicted molar refractivity (Wildman–Crippen MR) is 132 cm³/mol. The van der Waals surface area contributed by atoms with Gasteiger partial charge in [0.2, 0.25) is 5.88 Å². The minimum Gasteiger partial charge on any atom is -0.493 e. The van der Waals surface area contributed by atoms with Crippen molar-refractivity contribution in [1.29, 1.82) is 0 Å². The monoisotopic (exact) mass is 461 g/mol. The van der Waals surface area contributed by atoms with Gasteiger partial charge in [0.05, 0.1) is 31.1 Å². The van der Waals surface area contributed by atoms with Crippen LogP contribution in [-0.2, 0) is 13.0 Å². The van der Waals surface area contributed by atoms with E-state index in [0.717, 1.165) is 66.9 Å². The van der Waals surface area contributed by atoms with E-state index < -0.39 is 0 Å². The fourth-order valence-electron chi connectivity index (χ4n) is 4.93. The molecule has 0 spiro atoms. The lowest BCUT2D eigenvalue weighted by molar-refractivity contribution is 0.0958. The smallest absolute Gasteiger partial charge is 0.269 e. The first-order valence-corrected chi connectivity index (χ1v) is 11.9. The minimum absolute atomic E-state index is 0.169. The number of nitrogens with zero attached hydrogens (tertiary/aromatic N) is 4. The first kappa shape index (κ1) is 22.4. The molecule has 4 heterocycles. The number of aryl methyl sites for hydroxylation is 1. The lowest BCUT2D eigenvalue weighted by atomic mass is 10.0. The van der Waals surface area contributed by atoms with Gasteiger partial charge >= 0.3 is 0 Å². The van der Waals surface area contributed by atoms with Crippen LogP contribution in [0.25, 0.3) is 10.9 Å². The highest BCUT2D eigenvalue weighted by molar-refractivity contribution is 5.92. The number of aromatic nitrogens is 2. The Morgan fingerprint density at radius 2 is 2.15 bits per heavy atom. The molecule has 1 fully saturated rings. The Hall–Kier alpha value is -3.39. The second-order valence-corrected chi connectivity index (χ2v) is 8.85. The van der Waals surface area contributed by atoms with E-state index in [9.17, 15) is 4.79 Å². The van der Waals surface area contributed by atoms with Crippen LogP contribution in [0.1, 0.15) is 35.0 Å². The van der Waals surface area contributed by atoms with Gasteiger partial charge in [-0.05, 0) is 43.2 Å². The molecule has 3 aromatic rings. The Bertz CT molecular complexity index is 1200. The molecule has 0 aliphatic carbocycles. The van der Waals surface area contributed by atoms with Gasteiger partial charge in [-0.15, -0.1) is 0 Å². The predicted octanol–water partition coefficient (Wildman–Crippen LogP) is 3.03. The van der Waals surface area contributed by atoms with Gasteiger partial charge in [-0.25, -0.2) is 9.97 Å². The van der Waals surface area contributed by atoms with Crippen molar-refractivity contribution >= 4 is 22.5 Å². The molecule has 1 amide bonds. The summed E-state index contributed by atoms with van der Waals surface area (Å²) in [6.45, 7) is 6.38. The third-order valence-corrected chi connectivity index (χ3v) is 6.87. The van der Waals surface area contributed by atoms with E-state index in [1.807, 2.05) is 6.07 Å². The number of piperazine rings is 1. The summed E-state index contributed by atoms with van der Waals surface area (Å²) in [6, 6.07) is 10.6. The molecule has 1 N–H and O–H groups in total. The molecule has 2 aliphatic rings. The summed E-state index contributed by atoms with van der Waals surface area (Å²) >= 11 is 0. The molecule has 0 radical (unpaired) electrons. The molecule has 0 unspecified atom stereocenters. The van der Waals surface area contributed by atoms with Crippen molar-refractivity contribution in [3.8, 4) is 11.6 Å². The molecule has 8 heteroatoms. The van der Waals surface area contributed by atoms with Crippen molar-refractivity contribution in [3.63, 3.8) is 0 Å². The van der Waals surface area contributed by atoms with Crippen molar-refractivity contribution in [3.05, 3.63) is 53.3 Å². The normalized spacial score (nSPS) is 18.3. The molecule has 1 saturated heterocycles. The van der Waals surface area contributed by atoms with Crippen molar-refractivity contribution in [1.82, 2.24) is 20.2 Å². The molecule has 2 aromatic heterocycles. The number of methoxy groups -OCH3 is 1. The van der Waals surface area contributed by atoms with E-state index in [0.29, 0.717) is 24.2 Å². The number of amides is 1. The van der Waals surface area contributed by atoms with E-state index >= 15 is 0 Å². The first-order chi connectivity index (χ1) is 16.6. The molecule has 34 heavy (non-hydrogen) atoms. The van der Waals surface area contributed by atoms with Crippen LogP contribution < -0.4 is 19.7 Å². The zero-order valence-electron chi connectivity index (χ0n) is 20.0. The Morgan fingerprint density at radius 3 is 2.88 bits per heavy atom. The third kappa shape index (κ3) is 4.25. The number of fused-ring (bicyclic) bond motifs is 3. The van der Waals surface area contributed by atoms with Gasteiger partial charge in [0.1, 0.15) is 11.4 Å². The van der Waals surface area contributed by atoms with E-state index in [4.69, 9.17) is 14.5 Å². The maximum atomic E-state index is 11.8. The largest absolute Gasteiger partial charge is 0.493 e. The van der Waals surface area contributed by atoms with Crippen LogP contribution >= 0.6 is 0 Å². The Kier molecular flexibility index (Phi) is 6.24. The van der Waals surface area contributed by atoms with Crippen molar-refractivity contribution in [2.75, 3.05) is 45.3 Å². The van der Waals surface area contributed by atoms with Crippen molar-refractivity contribution < 1.29 is 14.3 Å². The number of hydrogen-bond donors (Lipinski definition) is 1. The number of pyridine rings is 2. The summed E-state index contributed by atoms with van der Waals surface area (Å²) in [5, 5.41) is 3.70. The molecular formula is C26H31N5O3. The number of rotatable bonds is 4. The van der Waals surface area contributed by atoms with Crippen LogP contribution in [0.3, 0.4) is 0 Å². The van der Waals surface area contributed by atoms with Gasteiger partial charge in [-0.3, -0.25) is 9.69 Å². The molecule has 0 bridgehead atoms. The highest BCUT2D eigenvalue weighted by Crippen LogP contribution is 2.33. The van der Waals surface area contributed by atoms with E-state index in [-0.39, 0.29) is 5.91 Å². The highest BCUT2D eigenvalue weighted by atomic mass is 16.5. The third-order valence-electron chi connectivity index (χ3n) is 6.87. The summed E-state index contributed by atoms with van der Waals surface area (Å²) < 4.78 is 11.8. The molecular weight excluding hydrogens is 430 g/mol. The molecule has 2 aliphatic heterocycles. The van der Waals surface area contributed by atoms with E-state index in [1.165, 1.54) is 5.56 Å². The Labute approximate surface area is 199 Å². The second kappa shape index (κ2) is 9.46. The zero-order valence-corrected chi connectivity index (χ0v) is 20.0. The molecule has 1 aromatic carbocycles. The van der Waals surface area contributed by atoms with Gasteiger partial charge < -0.3 is 19.7 Å². The number of carbonyl (C=O) groups is 1. The van der Waals surface area contributed by atoms with Gasteiger partial charge in [0, 0.05) is 55.8 Å². The lowest BCUT2D eigenvalue weighted by Gasteiger charge is -2.43. The number of hydrogen-bond acceptors (Lipinski definition) is 7. The summed E-state index contributed by atoms with van der Waals surface area (Å²) in [5.74, 6) is 1.48. The fraction of sp³-hybridized carbons (Fsp3) is 0.423. The standard InChI is InChI=1S/C26H31N5O3/c1-4-17-11-18-13-24-19(12-23(18)29-26(17)33-3)15-30-8-9-31(16-21(30)7-10-34-24)20-5-6-22(28-14-20)25(32)27-2/h5-6,11-14,21H,4,7-10,15-16H2,1-3H3,(H,27,32)/t21-/m0/s1. The van der Waals surface area contributed by atoms with Crippen LogP contribution in [0.2, 0.25) is 0 Å². The van der Waals surface area contributed by atoms with Gasteiger partial charge in [-0.1, -0.05) is 6.92 Å². The van der Waals surface area contributed by atoms with Crippen LogP contribution in [0, 0.1) is 0 Å². The number of nitrogens with one attached hydrogen (secondary N) is 1. The van der Waals surface area contributed by atoms with Crippen LogP contribution in [0.4, 0.5) is 5.69 Å². The van der Waals surface area contributed by atoms with Gasteiger partial charge in [0.15, 0.2) is 0 Å². The van der Waals surface area contributed by atoms with E-state index in [1.54, 1.807) is 26.4 Å².